The van der Waals surface area contributed by atoms with Gasteiger partial charge in [0.1, 0.15) is 16.2 Å². The zero-order valence-electron chi connectivity index (χ0n) is 15.4. The summed E-state index contributed by atoms with van der Waals surface area (Å²) in [6.07, 6.45) is 1.89. The molecule has 0 unspecified atom stereocenters. The van der Waals surface area contributed by atoms with Crippen LogP contribution in [-0.4, -0.2) is 32.9 Å². The molecular formula is C20H20BrNO5S. The Morgan fingerprint density at radius 3 is 2.54 bits per heavy atom. The molecule has 2 aliphatic heterocycles. The average Bonchev–Trinajstić information content (AvgIpc) is 2.67. The van der Waals surface area contributed by atoms with Gasteiger partial charge in [0.05, 0.1) is 18.9 Å². The molecule has 0 saturated carbocycles. The van der Waals surface area contributed by atoms with Crippen LogP contribution in [0, 0.1) is 6.92 Å². The lowest BCUT2D eigenvalue weighted by molar-refractivity contribution is -0.0444. The van der Waals surface area contributed by atoms with E-state index in [-0.39, 0.29) is 4.90 Å². The second kappa shape index (κ2) is 7.50. The van der Waals surface area contributed by atoms with E-state index in [1.165, 1.54) is 12.1 Å². The summed E-state index contributed by atoms with van der Waals surface area (Å²) in [6.45, 7) is 3.08. The summed E-state index contributed by atoms with van der Waals surface area (Å²) in [7, 11) is -3.99. The van der Waals surface area contributed by atoms with Crippen LogP contribution in [0.2, 0.25) is 0 Å². The van der Waals surface area contributed by atoms with E-state index in [9.17, 15) is 8.42 Å². The van der Waals surface area contributed by atoms with Crippen LogP contribution in [0.4, 0.5) is 0 Å². The highest BCUT2D eigenvalue weighted by atomic mass is 79.9. The number of hydrogen-bond donors (Lipinski definition) is 0. The molecule has 2 aromatic carbocycles. The van der Waals surface area contributed by atoms with Gasteiger partial charge in [0, 0.05) is 29.3 Å². The standard InChI is InChI=1S/C20H20BrNO5S/c1-14-2-5-16(6-3-14)28(23,24)27-22-18-13-20(8-10-25-11-9-20)26-19-12-15(21)4-7-17(18)19/h2-7,12H,8-11,13H2,1H3/b22-18+. The van der Waals surface area contributed by atoms with Gasteiger partial charge in [-0.3, -0.25) is 4.28 Å². The van der Waals surface area contributed by atoms with E-state index < -0.39 is 15.7 Å². The number of hydrogen-bond acceptors (Lipinski definition) is 6. The summed E-state index contributed by atoms with van der Waals surface area (Å²) in [5.74, 6) is 0.664. The second-order valence-electron chi connectivity index (χ2n) is 7.09. The number of benzene rings is 2. The minimum atomic E-state index is -3.99. The van der Waals surface area contributed by atoms with E-state index in [1.807, 2.05) is 25.1 Å². The topological polar surface area (TPSA) is 74.2 Å². The van der Waals surface area contributed by atoms with Crippen LogP contribution in [-0.2, 0) is 19.1 Å². The lowest BCUT2D eigenvalue weighted by Gasteiger charge is -2.41. The number of oxime groups is 1. The van der Waals surface area contributed by atoms with Gasteiger partial charge in [0.2, 0.25) is 0 Å². The number of aryl methyl sites for hydroxylation is 1. The van der Waals surface area contributed by atoms with Gasteiger partial charge in [-0.2, -0.15) is 8.42 Å². The lowest BCUT2D eigenvalue weighted by atomic mass is 9.84. The van der Waals surface area contributed by atoms with Crippen LogP contribution >= 0.6 is 15.9 Å². The highest BCUT2D eigenvalue weighted by Gasteiger charge is 2.41. The van der Waals surface area contributed by atoms with E-state index >= 15 is 0 Å². The molecule has 0 bridgehead atoms. The van der Waals surface area contributed by atoms with Gasteiger partial charge in [0.15, 0.2) is 0 Å². The van der Waals surface area contributed by atoms with Gasteiger partial charge in [-0.15, -0.1) is 0 Å². The molecule has 0 N–H and O–H groups in total. The molecule has 148 valence electrons. The fraction of sp³-hybridized carbons (Fsp3) is 0.350. The molecule has 1 saturated heterocycles. The van der Waals surface area contributed by atoms with Crippen molar-refractivity contribution in [3.8, 4) is 5.75 Å². The van der Waals surface area contributed by atoms with E-state index in [0.717, 1.165) is 15.6 Å². The largest absolute Gasteiger partial charge is 0.486 e. The minimum absolute atomic E-state index is 0.0753. The number of ether oxygens (including phenoxy) is 2. The highest BCUT2D eigenvalue weighted by Crippen LogP contribution is 2.40. The molecule has 2 aromatic rings. The van der Waals surface area contributed by atoms with E-state index in [1.54, 1.807) is 12.1 Å². The Bertz CT molecular complexity index is 1010. The van der Waals surface area contributed by atoms with Crippen molar-refractivity contribution in [2.45, 2.75) is 36.7 Å². The minimum Gasteiger partial charge on any atom is -0.486 e. The van der Waals surface area contributed by atoms with Crippen molar-refractivity contribution in [2.75, 3.05) is 13.2 Å². The van der Waals surface area contributed by atoms with Crippen LogP contribution in [0.15, 0.2) is 57.0 Å². The third kappa shape index (κ3) is 3.94. The van der Waals surface area contributed by atoms with E-state index in [4.69, 9.17) is 13.8 Å². The maximum absolute atomic E-state index is 12.5. The van der Waals surface area contributed by atoms with Crippen LogP contribution < -0.4 is 4.74 Å². The Morgan fingerprint density at radius 1 is 1.11 bits per heavy atom. The van der Waals surface area contributed by atoms with Gasteiger partial charge >= 0.3 is 10.1 Å². The van der Waals surface area contributed by atoms with Crippen molar-refractivity contribution in [1.29, 1.82) is 0 Å². The Labute approximate surface area is 172 Å². The normalized spacial score (nSPS) is 19.9. The molecule has 0 radical (unpaired) electrons. The first kappa shape index (κ1) is 19.4. The Kier molecular flexibility index (Phi) is 5.20. The summed E-state index contributed by atoms with van der Waals surface area (Å²) < 4.78 is 42.8. The molecular weight excluding hydrogens is 446 g/mol. The van der Waals surface area contributed by atoms with Crippen LogP contribution in [0.25, 0.3) is 0 Å². The predicted molar refractivity (Wildman–Crippen MR) is 108 cm³/mol. The molecule has 6 nitrogen and oxygen atoms in total. The fourth-order valence-corrected chi connectivity index (χ4v) is 4.52. The van der Waals surface area contributed by atoms with Crippen molar-refractivity contribution < 1.29 is 22.2 Å². The third-order valence-electron chi connectivity index (χ3n) is 5.03. The highest BCUT2D eigenvalue weighted by molar-refractivity contribution is 9.10. The molecule has 8 heteroatoms. The van der Waals surface area contributed by atoms with Gasteiger partial charge in [0.25, 0.3) is 0 Å². The maximum atomic E-state index is 12.5. The first-order chi connectivity index (χ1) is 13.4. The molecule has 4 rings (SSSR count). The number of fused-ring (bicyclic) bond motifs is 1. The molecule has 28 heavy (non-hydrogen) atoms. The van der Waals surface area contributed by atoms with Gasteiger partial charge < -0.3 is 9.47 Å². The van der Waals surface area contributed by atoms with Crippen molar-refractivity contribution in [3.63, 3.8) is 0 Å². The molecule has 0 atom stereocenters. The second-order valence-corrected chi connectivity index (χ2v) is 9.54. The van der Waals surface area contributed by atoms with Crippen LogP contribution in [0.1, 0.15) is 30.4 Å². The molecule has 2 heterocycles. The molecule has 0 amide bonds. The zero-order valence-corrected chi connectivity index (χ0v) is 17.8. The van der Waals surface area contributed by atoms with Crippen molar-refractivity contribution in [2.24, 2.45) is 5.16 Å². The smallest absolute Gasteiger partial charge is 0.358 e. The Balaban J connectivity index is 1.68. The number of nitrogens with zero attached hydrogens (tertiary/aromatic N) is 1. The number of halogens is 1. The summed E-state index contributed by atoms with van der Waals surface area (Å²) >= 11 is 3.46. The lowest BCUT2D eigenvalue weighted by Crippen LogP contribution is -2.46. The summed E-state index contributed by atoms with van der Waals surface area (Å²) in [5.41, 5.74) is 1.81. The van der Waals surface area contributed by atoms with Gasteiger partial charge in [-0.1, -0.05) is 38.8 Å². The predicted octanol–water partition coefficient (Wildman–Crippen LogP) is 4.20. The van der Waals surface area contributed by atoms with Crippen molar-refractivity contribution in [1.82, 2.24) is 0 Å². The fourth-order valence-electron chi connectivity index (χ4n) is 3.43. The average molecular weight is 466 g/mol. The first-order valence-corrected chi connectivity index (χ1v) is 11.2. The number of rotatable bonds is 3. The Morgan fingerprint density at radius 2 is 1.82 bits per heavy atom. The molecule has 1 fully saturated rings. The maximum Gasteiger partial charge on any atom is 0.358 e. The summed E-state index contributed by atoms with van der Waals surface area (Å²) in [4.78, 5) is 0.0753. The van der Waals surface area contributed by atoms with E-state index in [0.29, 0.717) is 43.9 Å². The summed E-state index contributed by atoms with van der Waals surface area (Å²) in [6, 6.07) is 12.1. The van der Waals surface area contributed by atoms with Gasteiger partial charge in [-0.05, 0) is 37.3 Å². The SMILES string of the molecule is Cc1ccc(S(=O)(=O)O/N=C2\CC3(CCOCC3)Oc3cc(Br)ccc32)cc1. The first-order valence-electron chi connectivity index (χ1n) is 9.01. The van der Waals surface area contributed by atoms with Gasteiger partial charge in [-0.25, -0.2) is 0 Å². The molecule has 1 spiro atoms. The van der Waals surface area contributed by atoms with Crippen LogP contribution in [0.5, 0.6) is 5.75 Å². The zero-order chi connectivity index (χ0) is 19.8. The Hall–Kier alpha value is -1.90. The van der Waals surface area contributed by atoms with Crippen molar-refractivity contribution >= 4 is 31.8 Å². The summed E-state index contributed by atoms with van der Waals surface area (Å²) in [5, 5.41) is 4.07. The molecule has 2 aliphatic rings. The van der Waals surface area contributed by atoms with Crippen LogP contribution in [0.3, 0.4) is 0 Å². The monoisotopic (exact) mass is 465 g/mol. The quantitative estimate of drug-likeness (QED) is 0.634. The van der Waals surface area contributed by atoms with Crippen molar-refractivity contribution in [3.05, 3.63) is 58.1 Å². The molecule has 0 aromatic heterocycles. The molecule has 0 aliphatic carbocycles. The van der Waals surface area contributed by atoms with E-state index in [2.05, 4.69) is 21.1 Å². The third-order valence-corrected chi connectivity index (χ3v) is 6.64.